The van der Waals surface area contributed by atoms with E-state index in [1.807, 2.05) is 24.3 Å². The number of benzene rings is 1. The molecule has 98 valence electrons. The summed E-state index contributed by atoms with van der Waals surface area (Å²) in [4.78, 5) is 14.6. The number of pyridine rings is 1. The molecule has 0 unspecified atom stereocenters. The zero-order valence-corrected chi connectivity index (χ0v) is 11.8. The molecule has 0 radical (unpaired) electrons. The fraction of sp³-hybridized carbons (Fsp3) is 0.154. The summed E-state index contributed by atoms with van der Waals surface area (Å²) in [6, 6.07) is 9.29. The molecule has 1 aromatic carbocycles. The number of hydrogen-bond donors (Lipinski definition) is 1. The molecule has 0 bridgehead atoms. The largest absolute Gasteiger partial charge is 0.366 e. The maximum Gasteiger partial charge on any atom is 0.277 e. The number of halogens is 1. The maximum atomic E-state index is 10.8. The smallest absolute Gasteiger partial charge is 0.277 e. The Morgan fingerprint density at radius 3 is 2.68 bits per heavy atom. The highest BCUT2D eigenvalue weighted by atomic mass is 79.9. The highest BCUT2D eigenvalue weighted by Crippen LogP contribution is 2.20. The minimum Gasteiger partial charge on any atom is -0.366 e. The van der Waals surface area contributed by atoms with Crippen molar-refractivity contribution in [3.8, 4) is 0 Å². The Kier molecular flexibility index (Phi) is 4.11. The van der Waals surface area contributed by atoms with Crippen LogP contribution in [0, 0.1) is 17.0 Å². The highest BCUT2D eigenvalue weighted by Gasteiger charge is 2.11. The molecule has 6 heteroatoms. The summed E-state index contributed by atoms with van der Waals surface area (Å²) in [6.45, 7) is 2.24. The third-order valence-electron chi connectivity index (χ3n) is 2.66. The first kappa shape index (κ1) is 13.5. The van der Waals surface area contributed by atoms with Gasteiger partial charge in [0, 0.05) is 22.8 Å². The lowest BCUT2D eigenvalue weighted by Crippen LogP contribution is -2.02. The van der Waals surface area contributed by atoms with E-state index >= 15 is 0 Å². The van der Waals surface area contributed by atoms with Gasteiger partial charge in [-0.25, -0.2) is 4.98 Å². The Balaban J connectivity index is 2.09. The molecule has 0 aliphatic rings. The van der Waals surface area contributed by atoms with Crippen LogP contribution in [-0.4, -0.2) is 9.91 Å². The van der Waals surface area contributed by atoms with Crippen molar-refractivity contribution in [2.45, 2.75) is 13.5 Å². The van der Waals surface area contributed by atoms with Crippen LogP contribution in [0.5, 0.6) is 0 Å². The van der Waals surface area contributed by atoms with Gasteiger partial charge >= 0.3 is 0 Å². The molecule has 0 aliphatic carbocycles. The molecular formula is C13H12BrN3O2. The molecule has 0 saturated carbocycles. The fourth-order valence-electron chi connectivity index (χ4n) is 1.60. The van der Waals surface area contributed by atoms with Crippen molar-refractivity contribution >= 4 is 27.4 Å². The first-order valence-corrected chi connectivity index (χ1v) is 6.45. The molecule has 19 heavy (non-hydrogen) atoms. The lowest BCUT2D eigenvalue weighted by molar-refractivity contribution is -0.385. The topological polar surface area (TPSA) is 68.1 Å². The molecule has 0 fully saturated rings. The van der Waals surface area contributed by atoms with Crippen LogP contribution < -0.4 is 5.32 Å². The van der Waals surface area contributed by atoms with Crippen LogP contribution in [-0.2, 0) is 6.54 Å². The normalized spacial score (nSPS) is 10.2. The van der Waals surface area contributed by atoms with Crippen molar-refractivity contribution in [1.29, 1.82) is 0 Å². The third kappa shape index (κ3) is 3.51. The molecule has 1 aromatic heterocycles. The average molecular weight is 322 g/mol. The van der Waals surface area contributed by atoms with E-state index in [1.54, 1.807) is 6.92 Å². The number of anilines is 1. The molecule has 1 N–H and O–H groups in total. The molecule has 0 saturated heterocycles. The number of rotatable bonds is 4. The van der Waals surface area contributed by atoms with Crippen LogP contribution in [0.4, 0.5) is 11.5 Å². The second-order valence-corrected chi connectivity index (χ2v) is 5.01. The van der Waals surface area contributed by atoms with Gasteiger partial charge in [-0.05, 0) is 24.6 Å². The van der Waals surface area contributed by atoms with E-state index in [-0.39, 0.29) is 5.69 Å². The molecule has 0 aliphatic heterocycles. The van der Waals surface area contributed by atoms with Crippen molar-refractivity contribution in [2.24, 2.45) is 0 Å². The van der Waals surface area contributed by atoms with Crippen LogP contribution in [0.25, 0.3) is 0 Å². The van der Waals surface area contributed by atoms with Gasteiger partial charge in [-0.1, -0.05) is 28.1 Å². The van der Waals surface area contributed by atoms with Gasteiger partial charge in [0.15, 0.2) is 0 Å². The van der Waals surface area contributed by atoms with E-state index in [9.17, 15) is 10.1 Å². The first-order chi connectivity index (χ1) is 9.06. The van der Waals surface area contributed by atoms with Crippen molar-refractivity contribution in [3.05, 3.63) is 62.2 Å². The lowest BCUT2D eigenvalue weighted by Gasteiger charge is -2.06. The summed E-state index contributed by atoms with van der Waals surface area (Å²) in [7, 11) is 0. The maximum absolute atomic E-state index is 10.8. The Morgan fingerprint density at radius 2 is 2.05 bits per heavy atom. The molecule has 0 atom stereocenters. The first-order valence-electron chi connectivity index (χ1n) is 5.65. The van der Waals surface area contributed by atoms with Gasteiger partial charge in [0.25, 0.3) is 5.69 Å². The summed E-state index contributed by atoms with van der Waals surface area (Å²) in [5.74, 6) is 0.500. The van der Waals surface area contributed by atoms with Gasteiger partial charge in [-0.2, -0.15) is 0 Å². The van der Waals surface area contributed by atoms with Gasteiger partial charge in [-0.3, -0.25) is 10.1 Å². The Bertz CT molecular complexity index is 599. The molecule has 0 spiro atoms. The fourth-order valence-corrected chi connectivity index (χ4v) is 1.87. The van der Waals surface area contributed by atoms with Crippen LogP contribution >= 0.6 is 15.9 Å². The van der Waals surface area contributed by atoms with Gasteiger partial charge in [0.1, 0.15) is 5.82 Å². The predicted octanol–water partition coefficient (Wildman–Crippen LogP) is 3.67. The zero-order chi connectivity index (χ0) is 13.8. The van der Waals surface area contributed by atoms with Crippen molar-refractivity contribution in [3.63, 3.8) is 0 Å². The number of nitrogens with one attached hydrogen (secondary N) is 1. The van der Waals surface area contributed by atoms with Gasteiger partial charge in [-0.15, -0.1) is 0 Å². The van der Waals surface area contributed by atoms with Crippen LogP contribution in [0.15, 0.2) is 41.0 Å². The second-order valence-electron chi connectivity index (χ2n) is 4.09. The SMILES string of the molecule is Cc1cnc(NCc2ccc(Br)cc2)cc1[N+](=O)[O-]. The Hall–Kier alpha value is -1.95. The van der Waals surface area contributed by atoms with Gasteiger partial charge < -0.3 is 5.32 Å². The molecule has 2 aromatic rings. The molecule has 5 nitrogen and oxygen atoms in total. The van der Waals surface area contributed by atoms with Crippen molar-refractivity contribution in [1.82, 2.24) is 4.98 Å². The highest BCUT2D eigenvalue weighted by molar-refractivity contribution is 9.10. The third-order valence-corrected chi connectivity index (χ3v) is 3.19. The van der Waals surface area contributed by atoms with Crippen LogP contribution in [0.1, 0.15) is 11.1 Å². The second kappa shape index (κ2) is 5.79. The van der Waals surface area contributed by atoms with E-state index in [4.69, 9.17) is 0 Å². The lowest BCUT2D eigenvalue weighted by atomic mass is 10.2. The van der Waals surface area contributed by atoms with E-state index in [1.165, 1.54) is 12.3 Å². The number of nitro groups is 1. The van der Waals surface area contributed by atoms with Crippen LogP contribution in [0.2, 0.25) is 0 Å². The minimum absolute atomic E-state index is 0.0771. The summed E-state index contributed by atoms with van der Waals surface area (Å²) in [5, 5.41) is 13.9. The summed E-state index contributed by atoms with van der Waals surface area (Å²) in [6.07, 6.45) is 1.50. The quantitative estimate of drug-likeness (QED) is 0.689. The minimum atomic E-state index is -0.401. The van der Waals surface area contributed by atoms with Gasteiger partial charge in [0.05, 0.1) is 11.0 Å². The van der Waals surface area contributed by atoms with Crippen molar-refractivity contribution < 1.29 is 4.92 Å². The molecule has 2 rings (SSSR count). The number of aryl methyl sites for hydroxylation is 1. The van der Waals surface area contributed by atoms with Crippen molar-refractivity contribution in [2.75, 3.05) is 5.32 Å². The number of nitrogens with zero attached hydrogens (tertiary/aromatic N) is 2. The van der Waals surface area contributed by atoms with E-state index in [2.05, 4.69) is 26.2 Å². The van der Waals surface area contributed by atoms with E-state index in [0.717, 1.165) is 10.0 Å². The summed E-state index contributed by atoms with van der Waals surface area (Å²) >= 11 is 3.37. The summed E-state index contributed by atoms with van der Waals surface area (Å²) in [5.41, 5.74) is 1.71. The molecule has 1 heterocycles. The van der Waals surface area contributed by atoms with E-state index < -0.39 is 4.92 Å². The molecule has 0 amide bonds. The monoisotopic (exact) mass is 321 g/mol. The van der Waals surface area contributed by atoms with Gasteiger partial charge in [0.2, 0.25) is 0 Å². The Labute approximate surface area is 119 Å². The standard InChI is InChI=1S/C13H12BrN3O2/c1-9-7-15-13(6-12(9)17(18)19)16-8-10-2-4-11(14)5-3-10/h2-7H,8H2,1H3,(H,15,16). The average Bonchev–Trinajstić information content (AvgIpc) is 2.39. The van der Waals surface area contributed by atoms with E-state index in [0.29, 0.717) is 17.9 Å². The number of aromatic nitrogens is 1. The predicted molar refractivity (Wildman–Crippen MR) is 77.1 cm³/mol. The molecular weight excluding hydrogens is 310 g/mol. The van der Waals surface area contributed by atoms with Crippen LogP contribution in [0.3, 0.4) is 0 Å². The zero-order valence-electron chi connectivity index (χ0n) is 10.3. The Morgan fingerprint density at radius 1 is 1.37 bits per heavy atom. The number of hydrogen-bond acceptors (Lipinski definition) is 4. The summed E-state index contributed by atoms with van der Waals surface area (Å²) < 4.78 is 1.01.